The summed E-state index contributed by atoms with van der Waals surface area (Å²) in [6, 6.07) is 22.1. The predicted octanol–water partition coefficient (Wildman–Crippen LogP) is 5.17. The van der Waals surface area contributed by atoms with Gasteiger partial charge in [-0.1, -0.05) is 65.0 Å². The van der Waals surface area contributed by atoms with Crippen molar-refractivity contribution in [3.63, 3.8) is 0 Å². The van der Waals surface area contributed by atoms with E-state index in [1.807, 2.05) is 30.3 Å². The second-order valence-electron chi connectivity index (χ2n) is 9.91. The quantitative estimate of drug-likeness (QED) is 0.220. The SMILES string of the molecule is CCOC(=O)c1ccc(NC(=O)Cn2c3c(sc2=O)[C@H](c2ccccc2)C2C(=O)N(c4ccc(Cl)cc4)C(=O)C2S3)cc1. The Balaban J connectivity index is 1.32. The lowest BCUT2D eigenvalue weighted by molar-refractivity contribution is -0.122. The van der Waals surface area contributed by atoms with Gasteiger partial charge in [0.2, 0.25) is 17.7 Å². The maximum absolute atomic E-state index is 13.9. The summed E-state index contributed by atoms with van der Waals surface area (Å²) in [6.07, 6.45) is 0. The van der Waals surface area contributed by atoms with Crippen LogP contribution in [0.2, 0.25) is 5.02 Å². The molecule has 9 nitrogen and oxygen atoms in total. The fraction of sp³-hybridized carbons (Fsp3) is 0.194. The first kappa shape index (κ1) is 28.9. The highest BCUT2D eigenvalue weighted by atomic mass is 35.5. The molecule has 1 N–H and O–H groups in total. The number of rotatable bonds is 7. The minimum absolute atomic E-state index is 0.251. The Morgan fingerprint density at radius 2 is 1.63 bits per heavy atom. The van der Waals surface area contributed by atoms with Gasteiger partial charge < -0.3 is 10.1 Å². The number of anilines is 2. The molecule has 0 radical (unpaired) electrons. The zero-order valence-electron chi connectivity index (χ0n) is 22.7. The molecule has 2 unspecified atom stereocenters. The van der Waals surface area contributed by atoms with Crippen LogP contribution in [0.1, 0.15) is 33.6 Å². The van der Waals surface area contributed by atoms with E-state index in [2.05, 4.69) is 5.32 Å². The van der Waals surface area contributed by atoms with Crippen LogP contribution in [-0.2, 0) is 25.7 Å². The van der Waals surface area contributed by atoms with Crippen molar-refractivity contribution < 1.29 is 23.9 Å². The van der Waals surface area contributed by atoms with Crippen LogP contribution in [0.15, 0.2) is 88.7 Å². The number of nitrogens with one attached hydrogen (secondary N) is 1. The average molecular weight is 634 g/mol. The van der Waals surface area contributed by atoms with Gasteiger partial charge in [0.1, 0.15) is 11.8 Å². The number of imide groups is 1. The van der Waals surface area contributed by atoms with Gasteiger partial charge >= 0.3 is 10.8 Å². The number of halogens is 1. The fourth-order valence-corrected chi connectivity index (χ4v) is 8.27. The lowest BCUT2D eigenvalue weighted by atomic mass is 9.83. The molecule has 0 aliphatic carbocycles. The summed E-state index contributed by atoms with van der Waals surface area (Å²) in [6.45, 7) is 1.67. The molecule has 0 saturated carbocycles. The number of thioether (sulfide) groups is 1. The van der Waals surface area contributed by atoms with E-state index in [-0.39, 0.29) is 29.8 Å². The van der Waals surface area contributed by atoms with Gasteiger partial charge in [0.15, 0.2) is 0 Å². The number of carbonyl (C=O) groups is 4. The lowest BCUT2D eigenvalue weighted by Crippen LogP contribution is -2.33. The van der Waals surface area contributed by atoms with E-state index in [0.717, 1.165) is 28.7 Å². The molecule has 1 aromatic heterocycles. The summed E-state index contributed by atoms with van der Waals surface area (Å²) in [5.74, 6) is -2.93. The summed E-state index contributed by atoms with van der Waals surface area (Å²) in [4.78, 5) is 67.5. The van der Waals surface area contributed by atoms with Gasteiger partial charge in [-0.15, -0.1) is 0 Å². The van der Waals surface area contributed by atoms with Crippen LogP contribution in [0, 0.1) is 5.92 Å². The molecule has 2 aliphatic heterocycles. The zero-order chi connectivity index (χ0) is 30.2. The van der Waals surface area contributed by atoms with Crippen LogP contribution in [0.25, 0.3) is 0 Å². The van der Waals surface area contributed by atoms with Gasteiger partial charge in [-0.05, 0) is 61.0 Å². The first-order valence-electron chi connectivity index (χ1n) is 13.4. The number of carbonyl (C=O) groups excluding carboxylic acids is 4. The standard InChI is InChI=1S/C31H24ClN3O6S2/c1-2-41-30(39)18-8-12-20(13-9-18)33-22(36)16-34-29-26(43-31(34)40)23(17-6-4-3-5-7-17)24-25(42-29)28(38)35(27(24)37)21-14-10-19(32)11-15-21/h3-15,23-25H,2,16H2,1H3,(H,33,36)/t23-,24?,25?/m1/s1. The zero-order valence-corrected chi connectivity index (χ0v) is 25.1. The van der Waals surface area contributed by atoms with E-state index < -0.39 is 29.0 Å². The minimum Gasteiger partial charge on any atom is -0.462 e. The lowest BCUT2D eigenvalue weighted by Gasteiger charge is -2.30. The molecule has 43 heavy (non-hydrogen) atoms. The van der Waals surface area contributed by atoms with Crippen molar-refractivity contribution in [3.05, 3.63) is 110 Å². The highest BCUT2D eigenvalue weighted by Crippen LogP contribution is 2.53. The molecule has 3 amide bonds. The highest BCUT2D eigenvalue weighted by Gasteiger charge is 2.56. The van der Waals surface area contributed by atoms with Crippen molar-refractivity contribution in [2.75, 3.05) is 16.8 Å². The Labute approximate surface area is 259 Å². The largest absolute Gasteiger partial charge is 0.462 e. The van der Waals surface area contributed by atoms with Gasteiger partial charge in [0, 0.05) is 21.5 Å². The summed E-state index contributed by atoms with van der Waals surface area (Å²) >= 11 is 8.18. The maximum atomic E-state index is 13.9. The number of thiazole rings is 1. The number of amides is 3. The number of hydrogen-bond acceptors (Lipinski definition) is 8. The number of hydrogen-bond donors (Lipinski definition) is 1. The Bertz CT molecular complexity index is 1790. The van der Waals surface area contributed by atoms with Crippen LogP contribution in [-0.4, -0.2) is 40.1 Å². The number of nitrogens with zero attached hydrogens (tertiary/aromatic N) is 2. The third-order valence-corrected chi connectivity index (χ3v) is 10.1. The summed E-state index contributed by atoms with van der Waals surface area (Å²) in [7, 11) is 0. The van der Waals surface area contributed by atoms with Gasteiger partial charge in [0.25, 0.3) is 0 Å². The topological polar surface area (TPSA) is 115 Å². The third-order valence-electron chi connectivity index (χ3n) is 7.27. The highest BCUT2D eigenvalue weighted by molar-refractivity contribution is 8.00. The molecular formula is C31H24ClN3O6S2. The molecule has 3 aromatic carbocycles. The van der Waals surface area contributed by atoms with Crippen LogP contribution < -0.4 is 15.1 Å². The smallest absolute Gasteiger partial charge is 0.338 e. The first-order chi connectivity index (χ1) is 20.8. The Morgan fingerprint density at radius 1 is 0.930 bits per heavy atom. The Hall–Kier alpha value is -4.19. The summed E-state index contributed by atoms with van der Waals surface area (Å²) in [5.41, 5.74) is 2.03. The second-order valence-corrected chi connectivity index (χ2v) is 12.5. The van der Waals surface area contributed by atoms with E-state index >= 15 is 0 Å². The van der Waals surface area contributed by atoms with Gasteiger partial charge in [0.05, 0.1) is 28.8 Å². The minimum atomic E-state index is -0.792. The average Bonchev–Trinajstić information content (AvgIpc) is 3.44. The molecule has 0 spiro atoms. The monoisotopic (exact) mass is 633 g/mol. The van der Waals surface area contributed by atoms with Crippen molar-refractivity contribution in [2.45, 2.75) is 29.7 Å². The normalized spacial score (nSPS) is 19.1. The van der Waals surface area contributed by atoms with Gasteiger partial charge in [-0.25, -0.2) is 9.69 Å². The summed E-state index contributed by atoms with van der Waals surface area (Å²) < 4.78 is 6.35. The number of ether oxygens (including phenoxy) is 1. The van der Waals surface area contributed by atoms with Crippen LogP contribution in [0.5, 0.6) is 0 Å². The number of aromatic nitrogens is 1. The number of benzene rings is 3. The first-order valence-corrected chi connectivity index (χ1v) is 15.5. The van der Waals surface area contributed by atoms with Crippen molar-refractivity contribution in [2.24, 2.45) is 5.92 Å². The Morgan fingerprint density at radius 3 is 2.30 bits per heavy atom. The molecule has 12 heteroatoms. The Kier molecular flexibility index (Phi) is 7.95. The van der Waals surface area contributed by atoms with E-state index in [1.54, 1.807) is 55.5 Å². The van der Waals surface area contributed by atoms with Crippen LogP contribution in [0.4, 0.5) is 11.4 Å². The molecule has 4 aromatic rings. The van der Waals surface area contributed by atoms with E-state index in [0.29, 0.717) is 31.9 Å². The van der Waals surface area contributed by atoms with Crippen molar-refractivity contribution >= 4 is 69.8 Å². The molecule has 3 atom stereocenters. The summed E-state index contributed by atoms with van der Waals surface area (Å²) in [5, 5.41) is 2.94. The van der Waals surface area contributed by atoms with E-state index in [4.69, 9.17) is 16.3 Å². The van der Waals surface area contributed by atoms with Gasteiger partial charge in [-0.2, -0.15) is 0 Å². The van der Waals surface area contributed by atoms with Crippen LogP contribution in [0.3, 0.4) is 0 Å². The molecule has 0 bridgehead atoms. The molecule has 1 fully saturated rings. The van der Waals surface area contributed by atoms with Crippen molar-refractivity contribution in [1.29, 1.82) is 0 Å². The van der Waals surface area contributed by atoms with E-state index in [9.17, 15) is 24.0 Å². The number of fused-ring (bicyclic) bond motifs is 2. The van der Waals surface area contributed by atoms with Gasteiger partial charge in [-0.3, -0.25) is 23.7 Å². The molecule has 3 heterocycles. The molecule has 218 valence electrons. The molecule has 2 aliphatic rings. The predicted molar refractivity (Wildman–Crippen MR) is 165 cm³/mol. The molecule has 1 saturated heterocycles. The number of esters is 1. The van der Waals surface area contributed by atoms with Crippen molar-refractivity contribution in [3.8, 4) is 0 Å². The molecular weight excluding hydrogens is 610 g/mol. The molecule has 6 rings (SSSR count). The van der Waals surface area contributed by atoms with Crippen molar-refractivity contribution in [1.82, 2.24) is 4.57 Å². The van der Waals surface area contributed by atoms with E-state index in [1.165, 1.54) is 9.47 Å². The maximum Gasteiger partial charge on any atom is 0.338 e. The second kappa shape index (κ2) is 11.8. The third kappa shape index (κ3) is 5.39. The fourth-order valence-electron chi connectivity index (χ4n) is 5.37. The van der Waals surface area contributed by atoms with Crippen LogP contribution >= 0.6 is 34.7 Å².